The summed E-state index contributed by atoms with van der Waals surface area (Å²) >= 11 is 0. The molecule has 0 saturated carbocycles. The molecule has 2 N–H and O–H groups in total. The second kappa shape index (κ2) is 12.4. The van der Waals surface area contributed by atoms with Gasteiger partial charge in [-0.15, -0.1) is 0 Å². The lowest BCUT2D eigenvalue weighted by molar-refractivity contribution is -0.139. The van der Waals surface area contributed by atoms with Crippen molar-refractivity contribution < 1.29 is 19.5 Å². The van der Waals surface area contributed by atoms with Crippen LogP contribution >= 0.6 is 0 Å². The number of nitrogens with zero attached hydrogens (tertiary/aromatic N) is 2. The second-order valence-corrected chi connectivity index (χ2v) is 7.45. The van der Waals surface area contributed by atoms with Crippen molar-refractivity contribution in [2.45, 2.75) is 26.3 Å². The minimum Gasteiger partial charge on any atom is -0.490 e. The van der Waals surface area contributed by atoms with Gasteiger partial charge in [-0.25, -0.2) is 0 Å². The van der Waals surface area contributed by atoms with Crippen LogP contribution in [0.5, 0.6) is 5.75 Å². The molecule has 0 radical (unpaired) electrons. The molecule has 2 aromatic carbocycles. The number of hydrogen-bond donors (Lipinski definition) is 2. The number of benzene rings is 2. The summed E-state index contributed by atoms with van der Waals surface area (Å²) in [5.74, 6) is -0.155. The third-order valence-corrected chi connectivity index (χ3v) is 5.02. The van der Waals surface area contributed by atoms with Crippen molar-refractivity contribution in [2.75, 3.05) is 19.8 Å². The normalized spacial score (nSPS) is 12.2. The van der Waals surface area contributed by atoms with Crippen molar-refractivity contribution in [1.29, 1.82) is 0 Å². The number of oxime groups is 1. The number of carboxylic acids is 1. The summed E-state index contributed by atoms with van der Waals surface area (Å²) in [6.07, 6.45) is 2.20. The quantitative estimate of drug-likeness (QED) is 0.246. The van der Waals surface area contributed by atoms with Gasteiger partial charge >= 0.3 is 5.97 Å². The summed E-state index contributed by atoms with van der Waals surface area (Å²) in [5, 5.41) is 16.4. The number of pyridine rings is 1. The molecule has 3 aromatic rings. The molecule has 0 aliphatic heterocycles. The average molecular weight is 448 g/mol. The molecular formula is C26H29N3O4. The van der Waals surface area contributed by atoms with E-state index < -0.39 is 12.0 Å². The minimum absolute atomic E-state index is 0.312. The van der Waals surface area contributed by atoms with Crippen LogP contribution in [0, 0.1) is 0 Å². The molecule has 0 bridgehead atoms. The number of aliphatic carboxylic acids is 1. The van der Waals surface area contributed by atoms with Gasteiger partial charge in [-0.1, -0.05) is 54.5 Å². The molecule has 3 rings (SSSR count). The number of aromatic nitrogens is 1. The van der Waals surface area contributed by atoms with Gasteiger partial charge in [0.25, 0.3) is 0 Å². The van der Waals surface area contributed by atoms with Crippen molar-refractivity contribution in [1.82, 2.24) is 10.3 Å². The lowest BCUT2D eigenvalue weighted by Gasteiger charge is -2.13. The number of likely N-dealkylation sites (N-methyl/N-ethyl adjacent to an activating group) is 1. The van der Waals surface area contributed by atoms with E-state index in [0.717, 1.165) is 28.1 Å². The van der Waals surface area contributed by atoms with E-state index >= 15 is 0 Å². The molecule has 0 spiro atoms. The first-order chi connectivity index (χ1) is 16.1. The van der Waals surface area contributed by atoms with Gasteiger partial charge in [-0.05, 0) is 55.3 Å². The van der Waals surface area contributed by atoms with Gasteiger partial charge in [0.15, 0.2) is 6.61 Å². The Labute approximate surface area is 194 Å². The number of carbonyl (C=O) groups is 1. The monoisotopic (exact) mass is 447 g/mol. The largest absolute Gasteiger partial charge is 0.490 e. The number of rotatable bonds is 12. The summed E-state index contributed by atoms with van der Waals surface area (Å²) in [6.45, 7) is 5.06. The molecule has 1 aromatic heterocycles. The fourth-order valence-corrected chi connectivity index (χ4v) is 3.26. The summed E-state index contributed by atoms with van der Waals surface area (Å²) in [4.78, 5) is 21.0. The Kier molecular flexibility index (Phi) is 8.97. The zero-order valence-electron chi connectivity index (χ0n) is 18.9. The summed E-state index contributed by atoms with van der Waals surface area (Å²) < 4.78 is 5.68. The molecule has 1 heterocycles. The Morgan fingerprint density at radius 3 is 2.45 bits per heavy atom. The van der Waals surface area contributed by atoms with Gasteiger partial charge in [0, 0.05) is 11.8 Å². The predicted octanol–water partition coefficient (Wildman–Crippen LogP) is 4.17. The van der Waals surface area contributed by atoms with Gasteiger partial charge in [0.1, 0.15) is 18.4 Å². The van der Waals surface area contributed by atoms with Gasteiger partial charge in [0.2, 0.25) is 0 Å². The Bertz CT molecular complexity index is 1040. The third kappa shape index (κ3) is 7.43. The standard InChI is InChI=1S/C26H29N3O4/c1-3-27-25(26(30)31)18-20-7-13-23(14-8-20)32-16-17-33-29-19(2)21-9-11-22(12-10-21)24-6-4-5-15-28-24/h4-15,25,27H,3,16-18H2,1-2H3,(H,30,31)/b29-19+. The molecule has 1 atom stereocenters. The first-order valence-electron chi connectivity index (χ1n) is 10.9. The zero-order chi connectivity index (χ0) is 23.5. The lowest BCUT2D eigenvalue weighted by atomic mass is 10.1. The van der Waals surface area contributed by atoms with Crippen molar-refractivity contribution in [3.63, 3.8) is 0 Å². The molecule has 0 amide bonds. The van der Waals surface area contributed by atoms with Crippen LogP contribution in [0.4, 0.5) is 0 Å². The average Bonchev–Trinajstić information content (AvgIpc) is 2.85. The van der Waals surface area contributed by atoms with E-state index in [1.165, 1.54) is 0 Å². The second-order valence-electron chi connectivity index (χ2n) is 7.45. The number of nitrogens with one attached hydrogen (secondary N) is 1. The molecule has 0 aliphatic carbocycles. The first-order valence-corrected chi connectivity index (χ1v) is 10.9. The first kappa shape index (κ1) is 23.9. The molecule has 0 fully saturated rings. The Morgan fingerprint density at radius 2 is 1.82 bits per heavy atom. The Hall–Kier alpha value is -3.71. The Balaban J connectivity index is 1.42. The maximum atomic E-state index is 11.3. The summed E-state index contributed by atoms with van der Waals surface area (Å²) in [7, 11) is 0. The van der Waals surface area contributed by atoms with Crippen LogP contribution in [0.1, 0.15) is 25.0 Å². The van der Waals surface area contributed by atoms with Crippen LogP contribution in [0.25, 0.3) is 11.3 Å². The van der Waals surface area contributed by atoms with E-state index in [1.54, 1.807) is 6.20 Å². The zero-order valence-corrected chi connectivity index (χ0v) is 18.9. The highest BCUT2D eigenvalue weighted by atomic mass is 16.6. The highest BCUT2D eigenvalue weighted by molar-refractivity contribution is 5.98. The SMILES string of the molecule is CCNC(Cc1ccc(OCCO/N=C(\C)c2ccc(-c3ccccn3)cc2)cc1)C(=O)O. The third-order valence-electron chi connectivity index (χ3n) is 5.02. The predicted molar refractivity (Wildman–Crippen MR) is 129 cm³/mol. The van der Waals surface area contributed by atoms with E-state index in [0.29, 0.717) is 31.9 Å². The van der Waals surface area contributed by atoms with Crippen molar-refractivity contribution in [2.24, 2.45) is 5.16 Å². The highest BCUT2D eigenvalue weighted by Crippen LogP contribution is 2.17. The molecule has 172 valence electrons. The molecule has 7 heteroatoms. The van der Waals surface area contributed by atoms with Crippen molar-refractivity contribution in [3.8, 4) is 17.0 Å². The fraction of sp³-hybridized carbons (Fsp3) is 0.269. The van der Waals surface area contributed by atoms with Gasteiger partial charge in [-0.3, -0.25) is 9.78 Å². The molecule has 0 aliphatic rings. The van der Waals surface area contributed by atoms with Gasteiger partial charge in [0.05, 0.1) is 11.4 Å². The van der Waals surface area contributed by atoms with Crippen molar-refractivity contribution >= 4 is 11.7 Å². The van der Waals surface area contributed by atoms with Crippen LogP contribution in [-0.4, -0.2) is 47.6 Å². The molecular weight excluding hydrogens is 418 g/mol. The molecule has 1 unspecified atom stereocenters. The minimum atomic E-state index is -0.852. The topological polar surface area (TPSA) is 93.0 Å². The van der Waals surface area contributed by atoms with E-state index in [1.807, 2.05) is 80.6 Å². The van der Waals surface area contributed by atoms with Crippen LogP contribution in [0.15, 0.2) is 78.1 Å². The molecule has 33 heavy (non-hydrogen) atoms. The smallest absolute Gasteiger partial charge is 0.321 e. The number of hydrogen-bond acceptors (Lipinski definition) is 6. The molecule has 7 nitrogen and oxygen atoms in total. The maximum Gasteiger partial charge on any atom is 0.321 e. The fourth-order valence-electron chi connectivity index (χ4n) is 3.26. The number of ether oxygens (including phenoxy) is 1. The van der Waals surface area contributed by atoms with Crippen LogP contribution in [-0.2, 0) is 16.1 Å². The lowest BCUT2D eigenvalue weighted by Crippen LogP contribution is -2.38. The highest BCUT2D eigenvalue weighted by Gasteiger charge is 2.16. The summed E-state index contributed by atoms with van der Waals surface area (Å²) in [5.41, 5.74) is 4.66. The van der Waals surface area contributed by atoms with Crippen LogP contribution < -0.4 is 10.1 Å². The van der Waals surface area contributed by atoms with Gasteiger partial charge in [-0.2, -0.15) is 0 Å². The maximum absolute atomic E-state index is 11.3. The van der Waals surface area contributed by atoms with E-state index in [9.17, 15) is 9.90 Å². The van der Waals surface area contributed by atoms with E-state index in [-0.39, 0.29) is 0 Å². The number of carboxylic acid groups (broad SMARTS) is 1. The van der Waals surface area contributed by atoms with E-state index in [2.05, 4.69) is 15.5 Å². The van der Waals surface area contributed by atoms with Crippen molar-refractivity contribution in [3.05, 3.63) is 84.1 Å². The van der Waals surface area contributed by atoms with Crippen LogP contribution in [0.2, 0.25) is 0 Å². The van der Waals surface area contributed by atoms with Crippen LogP contribution in [0.3, 0.4) is 0 Å². The van der Waals surface area contributed by atoms with Gasteiger partial charge < -0.3 is 20.0 Å². The Morgan fingerprint density at radius 1 is 1.06 bits per heavy atom. The molecule has 0 saturated heterocycles. The summed E-state index contributed by atoms with van der Waals surface area (Å²) in [6, 6.07) is 20.7. The van der Waals surface area contributed by atoms with E-state index in [4.69, 9.17) is 9.57 Å².